The van der Waals surface area contributed by atoms with E-state index < -0.39 is 0 Å². The molecule has 0 radical (unpaired) electrons. The van der Waals surface area contributed by atoms with Gasteiger partial charge in [-0.1, -0.05) is 24.3 Å². The highest BCUT2D eigenvalue weighted by Crippen LogP contribution is 2.27. The monoisotopic (exact) mass is 382 g/mol. The summed E-state index contributed by atoms with van der Waals surface area (Å²) in [6.07, 6.45) is 1.82. The number of thiophene rings is 1. The summed E-state index contributed by atoms with van der Waals surface area (Å²) in [7, 11) is 0. The first-order valence-corrected chi connectivity index (χ1v) is 10.0. The van der Waals surface area contributed by atoms with E-state index in [1.165, 1.54) is 0 Å². The Balaban J connectivity index is 1.72. The SMILES string of the molecule is C[C@H]1CC[C@@H](CO)CN1C(=O)c1nc(-c2cccs2)n(-c2ccccc2)n1. The number of amides is 1. The third kappa shape index (κ3) is 3.52. The van der Waals surface area contributed by atoms with Crippen molar-refractivity contribution >= 4 is 17.2 Å². The Morgan fingerprint density at radius 1 is 1.22 bits per heavy atom. The molecule has 0 spiro atoms. The zero-order valence-electron chi connectivity index (χ0n) is 15.2. The number of hydrogen-bond donors (Lipinski definition) is 1. The quantitative estimate of drug-likeness (QED) is 0.752. The van der Waals surface area contributed by atoms with E-state index in [-0.39, 0.29) is 30.3 Å². The Bertz CT molecular complexity index is 907. The molecule has 0 unspecified atom stereocenters. The minimum atomic E-state index is -0.173. The van der Waals surface area contributed by atoms with Crippen molar-refractivity contribution in [1.29, 1.82) is 0 Å². The van der Waals surface area contributed by atoms with Crippen LogP contribution in [0.15, 0.2) is 47.8 Å². The van der Waals surface area contributed by atoms with Gasteiger partial charge in [-0.05, 0) is 49.3 Å². The van der Waals surface area contributed by atoms with Crippen molar-refractivity contribution in [1.82, 2.24) is 19.7 Å². The van der Waals surface area contributed by atoms with Gasteiger partial charge < -0.3 is 10.0 Å². The Kier molecular flexibility index (Phi) is 5.05. The third-order valence-electron chi connectivity index (χ3n) is 5.04. The van der Waals surface area contributed by atoms with Crippen molar-refractivity contribution in [3.05, 3.63) is 53.7 Å². The molecular formula is C20H22N4O2S. The number of likely N-dealkylation sites (tertiary alicyclic amines) is 1. The summed E-state index contributed by atoms with van der Waals surface area (Å²) in [6, 6.07) is 13.8. The van der Waals surface area contributed by atoms with Crippen LogP contribution in [0.3, 0.4) is 0 Å². The fourth-order valence-electron chi connectivity index (χ4n) is 3.46. The number of aliphatic hydroxyl groups excluding tert-OH is 1. The molecule has 4 rings (SSSR count). The van der Waals surface area contributed by atoms with Crippen LogP contribution in [0.5, 0.6) is 0 Å². The van der Waals surface area contributed by atoms with Gasteiger partial charge in [-0.2, -0.15) is 0 Å². The molecule has 2 aromatic heterocycles. The van der Waals surface area contributed by atoms with Crippen LogP contribution in [0, 0.1) is 5.92 Å². The van der Waals surface area contributed by atoms with Crippen LogP contribution in [0.25, 0.3) is 16.4 Å². The van der Waals surface area contributed by atoms with E-state index in [0.717, 1.165) is 23.4 Å². The van der Waals surface area contributed by atoms with Gasteiger partial charge in [0.2, 0.25) is 5.82 Å². The average molecular weight is 382 g/mol. The highest BCUT2D eigenvalue weighted by molar-refractivity contribution is 7.13. The summed E-state index contributed by atoms with van der Waals surface area (Å²) in [5.41, 5.74) is 0.868. The van der Waals surface area contributed by atoms with Gasteiger partial charge in [0.15, 0.2) is 5.82 Å². The molecule has 1 aliphatic rings. The van der Waals surface area contributed by atoms with Gasteiger partial charge in [-0.15, -0.1) is 16.4 Å². The number of aromatic nitrogens is 3. The molecule has 0 aliphatic carbocycles. The lowest BCUT2D eigenvalue weighted by molar-refractivity contribution is 0.0477. The summed E-state index contributed by atoms with van der Waals surface area (Å²) in [6.45, 7) is 2.69. The molecule has 1 aliphatic heterocycles. The predicted molar refractivity (Wildman–Crippen MR) is 105 cm³/mol. The first-order chi connectivity index (χ1) is 13.2. The lowest BCUT2D eigenvalue weighted by atomic mass is 9.94. The van der Waals surface area contributed by atoms with Crippen molar-refractivity contribution in [2.24, 2.45) is 5.92 Å². The fraction of sp³-hybridized carbons (Fsp3) is 0.350. The standard InChI is InChI=1S/C20H22N4O2S/c1-14-9-10-15(13-25)12-23(14)20(26)18-21-19(17-8-5-11-27-17)24(22-18)16-6-3-2-4-7-16/h2-8,11,14-15,25H,9-10,12-13H2,1H3/t14-,15+/m0/s1. The van der Waals surface area contributed by atoms with Crippen LogP contribution in [0.2, 0.25) is 0 Å². The van der Waals surface area contributed by atoms with E-state index in [9.17, 15) is 9.90 Å². The molecule has 6 nitrogen and oxygen atoms in total. The smallest absolute Gasteiger partial charge is 0.293 e. The molecular weight excluding hydrogens is 360 g/mol. The van der Waals surface area contributed by atoms with Crippen LogP contribution >= 0.6 is 11.3 Å². The highest BCUT2D eigenvalue weighted by atomic mass is 32.1. The van der Waals surface area contributed by atoms with E-state index in [2.05, 4.69) is 10.1 Å². The number of carbonyl (C=O) groups excluding carboxylic acids is 1. The summed E-state index contributed by atoms with van der Waals surface area (Å²) in [4.78, 5) is 20.5. The van der Waals surface area contributed by atoms with Crippen LogP contribution < -0.4 is 0 Å². The molecule has 1 fully saturated rings. The summed E-state index contributed by atoms with van der Waals surface area (Å²) in [5.74, 6) is 0.821. The molecule has 1 N–H and O–H groups in total. The van der Waals surface area contributed by atoms with Crippen molar-refractivity contribution in [2.45, 2.75) is 25.8 Å². The predicted octanol–water partition coefficient (Wildman–Crippen LogP) is 3.23. The van der Waals surface area contributed by atoms with Crippen molar-refractivity contribution in [3.63, 3.8) is 0 Å². The van der Waals surface area contributed by atoms with Gasteiger partial charge in [0.25, 0.3) is 5.91 Å². The molecule has 3 heterocycles. The topological polar surface area (TPSA) is 71.2 Å². The molecule has 3 aromatic rings. The zero-order valence-corrected chi connectivity index (χ0v) is 16.0. The zero-order chi connectivity index (χ0) is 18.8. The van der Waals surface area contributed by atoms with E-state index >= 15 is 0 Å². The van der Waals surface area contributed by atoms with E-state index in [4.69, 9.17) is 0 Å². The Morgan fingerprint density at radius 3 is 2.74 bits per heavy atom. The second kappa shape index (κ2) is 7.62. The van der Waals surface area contributed by atoms with Gasteiger partial charge >= 0.3 is 0 Å². The molecule has 27 heavy (non-hydrogen) atoms. The summed E-state index contributed by atoms with van der Waals surface area (Å²) in [5, 5.41) is 16.0. The first-order valence-electron chi connectivity index (χ1n) is 9.15. The molecule has 1 aromatic carbocycles. The Hall–Kier alpha value is -2.51. The maximum absolute atomic E-state index is 13.1. The largest absolute Gasteiger partial charge is 0.396 e. The van der Waals surface area contributed by atoms with Gasteiger partial charge in [0.1, 0.15) is 0 Å². The van der Waals surface area contributed by atoms with Gasteiger partial charge in [-0.3, -0.25) is 4.79 Å². The number of hydrogen-bond acceptors (Lipinski definition) is 5. The normalized spacial score (nSPS) is 20.0. The number of carbonyl (C=O) groups is 1. The fourth-order valence-corrected chi connectivity index (χ4v) is 4.16. The molecule has 0 saturated carbocycles. The van der Waals surface area contributed by atoms with Crippen LogP contribution in [0.1, 0.15) is 30.4 Å². The third-order valence-corrected chi connectivity index (χ3v) is 5.91. The van der Waals surface area contributed by atoms with Crippen LogP contribution in [-0.4, -0.2) is 49.9 Å². The molecule has 1 saturated heterocycles. The van der Waals surface area contributed by atoms with Crippen LogP contribution in [0.4, 0.5) is 0 Å². The molecule has 0 bridgehead atoms. The number of rotatable bonds is 4. The van der Waals surface area contributed by atoms with Crippen molar-refractivity contribution in [2.75, 3.05) is 13.2 Å². The summed E-state index contributed by atoms with van der Waals surface area (Å²) < 4.78 is 1.73. The second-order valence-electron chi connectivity index (χ2n) is 6.92. The van der Waals surface area contributed by atoms with Crippen LogP contribution in [-0.2, 0) is 0 Å². The molecule has 140 valence electrons. The van der Waals surface area contributed by atoms with Gasteiger partial charge in [-0.25, -0.2) is 9.67 Å². The molecule has 7 heteroatoms. The molecule has 2 atom stereocenters. The van der Waals surface area contributed by atoms with Gasteiger partial charge in [0.05, 0.1) is 10.6 Å². The van der Waals surface area contributed by atoms with E-state index in [0.29, 0.717) is 12.4 Å². The first kappa shape index (κ1) is 17.9. The van der Waals surface area contributed by atoms with E-state index in [1.807, 2.05) is 54.8 Å². The Labute approximate surface area is 162 Å². The minimum absolute atomic E-state index is 0.100. The number of nitrogens with zero attached hydrogens (tertiary/aromatic N) is 4. The van der Waals surface area contributed by atoms with Crippen molar-refractivity contribution < 1.29 is 9.90 Å². The summed E-state index contributed by atoms with van der Waals surface area (Å²) >= 11 is 1.57. The number of aliphatic hydroxyl groups is 1. The lowest BCUT2D eigenvalue weighted by Crippen LogP contribution is -2.46. The lowest BCUT2D eigenvalue weighted by Gasteiger charge is -2.36. The second-order valence-corrected chi connectivity index (χ2v) is 7.86. The maximum atomic E-state index is 13.1. The van der Waals surface area contributed by atoms with Crippen molar-refractivity contribution in [3.8, 4) is 16.4 Å². The molecule has 1 amide bonds. The highest BCUT2D eigenvalue weighted by Gasteiger charge is 2.32. The van der Waals surface area contributed by atoms with Gasteiger partial charge in [0, 0.05) is 19.2 Å². The van der Waals surface area contributed by atoms with E-state index in [1.54, 1.807) is 20.9 Å². The number of benzene rings is 1. The minimum Gasteiger partial charge on any atom is -0.396 e. The maximum Gasteiger partial charge on any atom is 0.293 e. The average Bonchev–Trinajstić information content (AvgIpc) is 3.38. The Morgan fingerprint density at radius 2 is 2.04 bits per heavy atom. The number of para-hydroxylation sites is 1. The number of piperidine rings is 1.